The molecule has 1 aliphatic rings. The van der Waals surface area contributed by atoms with E-state index in [0.717, 1.165) is 42.9 Å². The SMILES string of the molecule is COc1ccccc1-c1csc(NC(=O)C2CCNCC2)n1.Cl. The number of methoxy groups -OCH3 is 1. The van der Waals surface area contributed by atoms with Gasteiger partial charge in [0.2, 0.25) is 5.91 Å². The molecular weight excluding hydrogens is 334 g/mol. The summed E-state index contributed by atoms with van der Waals surface area (Å²) >= 11 is 1.44. The fourth-order valence-electron chi connectivity index (χ4n) is 2.60. The van der Waals surface area contributed by atoms with E-state index in [4.69, 9.17) is 4.74 Å². The number of halogens is 1. The summed E-state index contributed by atoms with van der Waals surface area (Å²) < 4.78 is 5.36. The molecule has 1 fully saturated rings. The van der Waals surface area contributed by atoms with Crippen LogP contribution >= 0.6 is 23.7 Å². The van der Waals surface area contributed by atoms with Crippen molar-refractivity contribution in [2.75, 3.05) is 25.5 Å². The van der Waals surface area contributed by atoms with Crippen molar-refractivity contribution in [3.8, 4) is 17.0 Å². The van der Waals surface area contributed by atoms with Gasteiger partial charge >= 0.3 is 0 Å². The molecular formula is C16H20ClN3O2S. The van der Waals surface area contributed by atoms with Crippen LogP contribution < -0.4 is 15.4 Å². The summed E-state index contributed by atoms with van der Waals surface area (Å²) in [6.07, 6.45) is 1.77. The number of hydrogen-bond acceptors (Lipinski definition) is 5. The number of nitrogens with one attached hydrogen (secondary N) is 2. The fraction of sp³-hybridized carbons (Fsp3) is 0.375. The van der Waals surface area contributed by atoms with Crippen LogP contribution in [0.15, 0.2) is 29.6 Å². The molecule has 2 heterocycles. The van der Waals surface area contributed by atoms with Crippen molar-refractivity contribution >= 4 is 34.8 Å². The van der Waals surface area contributed by atoms with Crippen molar-refractivity contribution < 1.29 is 9.53 Å². The maximum Gasteiger partial charge on any atom is 0.229 e. The number of benzene rings is 1. The van der Waals surface area contributed by atoms with E-state index in [2.05, 4.69) is 15.6 Å². The van der Waals surface area contributed by atoms with Gasteiger partial charge < -0.3 is 15.4 Å². The van der Waals surface area contributed by atoms with Crippen molar-refractivity contribution in [2.45, 2.75) is 12.8 Å². The first-order valence-electron chi connectivity index (χ1n) is 7.38. The van der Waals surface area contributed by atoms with Crippen molar-refractivity contribution in [1.29, 1.82) is 0 Å². The maximum atomic E-state index is 12.2. The zero-order valence-corrected chi connectivity index (χ0v) is 14.5. The molecule has 124 valence electrons. The van der Waals surface area contributed by atoms with Crippen LogP contribution in [-0.4, -0.2) is 31.1 Å². The predicted molar refractivity (Wildman–Crippen MR) is 95.6 cm³/mol. The highest BCUT2D eigenvalue weighted by Gasteiger charge is 2.21. The lowest BCUT2D eigenvalue weighted by Gasteiger charge is -2.21. The van der Waals surface area contributed by atoms with Crippen LogP contribution in [0.25, 0.3) is 11.3 Å². The standard InChI is InChI=1S/C16H19N3O2S.ClH/c1-21-14-5-3-2-4-12(14)13-10-22-16(18-13)19-15(20)11-6-8-17-9-7-11;/h2-5,10-11,17H,6-9H2,1H3,(H,18,19,20);1H. The van der Waals surface area contributed by atoms with Gasteiger partial charge in [0.05, 0.1) is 12.8 Å². The molecule has 0 unspecified atom stereocenters. The number of amides is 1. The number of ether oxygens (including phenoxy) is 1. The van der Waals surface area contributed by atoms with Crippen molar-refractivity contribution in [2.24, 2.45) is 5.92 Å². The first-order valence-corrected chi connectivity index (χ1v) is 8.26. The molecule has 0 bridgehead atoms. The Labute approximate surface area is 145 Å². The number of anilines is 1. The lowest BCUT2D eigenvalue weighted by molar-refractivity contribution is -0.120. The second kappa shape index (κ2) is 8.29. The number of hydrogen-bond donors (Lipinski definition) is 2. The monoisotopic (exact) mass is 353 g/mol. The molecule has 0 atom stereocenters. The van der Waals surface area contributed by atoms with E-state index in [9.17, 15) is 4.79 Å². The summed E-state index contributed by atoms with van der Waals surface area (Å²) in [4.78, 5) is 16.8. The molecule has 1 saturated heterocycles. The second-order valence-electron chi connectivity index (χ2n) is 5.25. The third-order valence-corrected chi connectivity index (χ3v) is 4.58. The van der Waals surface area contributed by atoms with Gasteiger partial charge in [-0.15, -0.1) is 23.7 Å². The Morgan fingerprint density at radius 1 is 1.35 bits per heavy atom. The highest BCUT2D eigenvalue weighted by atomic mass is 35.5. The van der Waals surface area contributed by atoms with E-state index in [-0.39, 0.29) is 24.2 Å². The molecule has 3 rings (SSSR count). The molecule has 5 nitrogen and oxygen atoms in total. The minimum atomic E-state index is 0. The van der Waals surface area contributed by atoms with Gasteiger partial charge in [-0.1, -0.05) is 12.1 Å². The van der Waals surface area contributed by atoms with Crippen LogP contribution in [0, 0.1) is 5.92 Å². The van der Waals surface area contributed by atoms with Crippen molar-refractivity contribution in [3.05, 3.63) is 29.6 Å². The summed E-state index contributed by atoms with van der Waals surface area (Å²) in [5.74, 6) is 0.936. The average molecular weight is 354 g/mol. The lowest BCUT2D eigenvalue weighted by atomic mass is 9.97. The van der Waals surface area contributed by atoms with E-state index in [1.54, 1.807) is 7.11 Å². The Morgan fingerprint density at radius 2 is 2.09 bits per heavy atom. The molecule has 0 spiro atoms. The number of nitrogens with zero attached hydrogens (tertiary/aromatic N) is 1. The average Bonchev–Trinajstić information content (AvgIpc) is 3.04. The van der Waals surface area contributed by atoms with Gasteiger partial charge in [-0.05, 0) is 38.1 Å². The van der Waals surface area contributed by atoms with E-state index >= 15 is 0 Å². The lowest BCUT2D eigenvalue weighted by Crippen LogP contribution is -2.34. The topological polar surface area (TPSA) is 63.2 Å². The van der Waals surface area contributed by atoms with Crippen LogP contribution in [0.1, 0.15) is 12.8 Å². The first kappa shape index (κ1) is 17.7. The normalized spacial score (nSPS) is 14.8. The van der Waals surface area contributed by atoms with E-state index in [1.165, 1.54) is 11.3 Å². The van der Waals surface area contributed by atoms with Gasteiger partial charge in [-0.2, -0.15) is 0 Å². The highest BCUT2D eigenvalue weighted by molar-refractivity contribution is 7.14. The molecule has 0 radical (unpaired) electrons. The van der Waals surface area contributed by atoms with Gasteiger partial charge in [0, 0.05) is 16.9 Å². The Bertz CT molecular complexity index is 656. The Hall–Kier alpha value is -1.63. The van der Waals surface area contributed by atoms with Crippen LogP contribution in [0.3, 0.4) is 0 Å². The van der Waals surface area contributed by atoms with Gasteiger partial charge in [0.25, 0.3) is 0 Å². The summed E-state index contributed by atoms with van der Waals surface area (Å²) in [5, 5.41) is 8.79. The number of thiazole rings is 1. The van der Waals surface area contributed by atoms with Crippen LogP contribution in [0.5, 0.6) is 5.75 Å². The zero-order chi connectivity index (χ0) is 15.4. The minimum absolute atomic E-state index is 0. The van der Waals surface area contributed by atoms with Crippen molar-refractivity contribution in [1.82, 2.24) is 10.3 Å². The summed E-state index contributed by atoms with van der Waals surface area (Å²) in [6.45, 7) is 1.81. The molecule has 0 saturated carbocycles. The molecule has 1 aromatic carbocycles. The molecule has 0 aliphatic carbocycles. The molecule has 1 amide bonds. The molecule has 2 N–H and O–H groups in total. The molecule has 1 aromatic heterocycles. The fourth-order valence-corrected chi connectivity index (χ4v) is 3.32. The molecule has 1 aliphatic heterocycles. The van der Waals surface area contributed by atoms with Crippen molar-refractivity contribution in [3.63, 3.8) is 0 Å². The maximum absolute atomic E-state index is 12.2. The molecule has 2 aromatic rings. The van der Waals surface area contributed by atoms with Gasteiger partial charge in [-0.25, -0.2) is 4.98 Å². The summed E-state index contributed by atoms with van der Waals surface area (Å²) in [5.41, 5.74) is 1.76. The Morgan fingerprint density at radius 3 is 2.83 bits per heavy atom. The number of carbonyl (C=O) groups excluding carboxylic acids is 1. The van der Waals surface area contributed by atoms with Crippen LogP contribution in [0.4, 0.5) is 5.13 Å². The van der Waals surface area contributed by atoms with Gasteiger partial charge in [0.1, 0.15) is 5.75 Å². The highest BCUT2D eigenvalue weighted by Crippen LogP contribution is 2.32. The van der Waals surface area contributed by atoms with Gasteiger partial charge in [0.15, 0.2) is 5.13 Å². The number of piperidine rings is 1. The van der Waals surface area contributed by atoms with Crippen LogP contribution in [-0.2, 0) is 4.79 Å². The van der Waals surface area contributed by atoms with Gasteiger partial charge in [-0.3, -0.25) is 4.79 Å². The number of rotatable bonds is 4. The summed E-state index contributed by atoms with van der Waals surface area (Å²) in [6, 6.07) is 7.74. The predicted octanol–water partition coefficient (Wildman–Crippen LogP) is 3.18. The largest absolute Gasteiger partial charge is 0.496 e. The summed E-state index contributed by atoms with van der Waals surface area (Å²) in [7, 11) is 1.64. The quantitative estimate of drug-likeness (QED) is 0.886. The third kappa shape index (κ3) is 4.22. The first-order chi connectivity index (χ1) is 10.8. The van der Waals surface area contributed by atoms with E-state index in [1.807, 2.05) is 29.6 Å². The van der Waals surface area contributed by atoms with E-state index in [0.29, 0.717) is 5.13 Å². The smallest absolute Gasteiger partial charge is 0.229 e. The molecule has 7 heteroatoms. The minimum Gasteiger partial charge on any atom is -0.496 e. The Balaban J connectivity index is 0.00000192. The Kier molecular flexibility index (Phi) is 6.38. The van der Waals surface area contributed by atoms with Crippen LogP contribution in [0.2, 0.25) is 0 Å². The molecule has 23 heavy (non-hydrogen) atoms. The number of para-hydroxylation sites is 1. The van der Waals surface area contributed by atoms with E-state index < -0.39 is 0 Å². The number of aromatic nitrogens is 1. The third-order valence-electron chi connectivity index (χ3n) is 3.83. The zero-order valence-electron chi connectivity index (χ0n) is 12.9. The number of carbonyl (C=O) groups is 1. The second-order valence-corrected chi connectivity index (χ2v) is 6.11.